The number of methoxy groups -OCH3 is 1. The Balaban J connectivity index is 1.91. The molecule has 0 spiro atoms. The molecule has 134 valence electrons. The summed E-state index contributed by atoms with van der Waals surface area (Å²) in [6.07, 6.45) is 4.32. The van der Waals surface area contributed by atoms with Gasteiger partial charge in [0.05, 0.1) is 23.9 Å². The Bertz CT molecular complexity index is 732. The Hall–Kier alpha value is -1.92. The zero-order chi connectivity index (χ0) is 17.6. The first-order valence-corrected chi connectivity index (χ1v) is 9.03. The second-order valence-electron chi connectivity index (χ2n) is 6.18. The largest absolute Gasteiger partial charge is 0.384 e. The molecule has 1 aromatic heterocycles. The summed E-state index contributed by atoms with van der Waals surface area (Å²) in [7, 11) is 1.65. The van der Waals surface area contributed by atoms with Gasteiger partial charge in [-0.1, -0.05) is 30.2 Å². The van der Waals surface area contributed by atoms with Crippen molar-refractivity contribution in [1.29, 1.82) is 0 Å². The van der Waals surface area contributed by atoms with Crippen molar-refractivity contribution in [3.8, 4) is 5.69 Å². The molecule has 3 rings (SSSR count). The lowest BCUT2D eigenvalue weighted by atomic mass is 10.2. The monoisotopic (exact) mass is 362 g/mol. The van der Waals surface area contributed by atoms with Gasteiger partial charge in [-0.2, -0.15) is 5.10 Å². The molecule has 1 fully saturated rings. The fourth-order valence-electron chi connectivity index (χ4n) is 2.99. The number of nitrogens with zero attached hydrogens (tertiary/aromatic N) is 4. The zero-order valence-corrected chi connectivity index (χ0v) is 15.2. The van der Waals surface area contributed by atoms with Gasteiger partial charge in [-0.3, -0.25) is 4.79 Å². The van der Waals surface area contributed by atoms with Gasteiger partial charge in [0.25, 0.3) is 0 Å². The molecule has 7 heteroatoms. The third-order valence-electron chi connectivity index (χ3n) is 4.33. The lowest BCUT2D eigenvalue weighted by molar-refractivity contribution is -0.131. The number of ether oxygens (including phenoxy) is 1. The van der Waals surface area contributed by atoms with Crippen LogP contribution >= 0.6 is 11.6 Å². The number of likely N-dealkylation sites (tertiary alicyclic amines) is 1. The highest BCUT2D eigenvalue weighted by Crippen LogP contribution is 2.22. The smallest absolute Gasteiger partial charge is 0.222 e. The van der Waals surface area contributed by atoms with Crippen molar-refractivity contribution in [2.75, 3.05) is 20.3 Å². The summed E-state index contributed by atoms with van der Waals surface area (Å²) in [5, 5.41) is 5.20. The molecule has 0 aliphatic carbocycles. The van der Waals surface area contributed by atoms with E-state index in [0.717, 1.165) is 37.3 Å². The molecule has 1 aliphatic rings. The minimum atomic E-state index is 0.185. The van der Waals surface area contributed by atoms with E-state index >= 15 is 0 Å². The third kappa shape index (κ3) is 4.38. The Labute approximate surface area is 152 Å². The second-order valence-corrected chi connectivity index (χ2v) is 6.58. The quantitative estimate of drug-likeness (QED) is 0.792. The predicted octanol–water partition coefficient (Wildman–Crippen LogP) is 3.01. The summed E-state index contributed by atoms with van der Waals surface area (Å²) in [5.41, 5.74) is 0.776. The van der Waals surface area contributed by atoms with Gasteiger partial charge in [0.15, 0.2) is 11.6 Å². The number of amides is 1. The molecule has 2 heterocycles. The van der Waals surface area contributed by atoms with Crippen LogP contribution in [0.25, 0.3) is 5.69 Å². The topological polar surface area (TPSA) is 60.2 Å². The first-order chi connectivity index (χ1) is 12.2. The molecule has 1 amide bonds. The van der Waals surface area contributed by atoms with Crippen molar-refractivity contribution < 1.29 is 9.53 Å². The highest BCUT2D eigenvalue weighted by atomic mass is 35.5. The molecule has 1 aliphatic heterocycles. The fourth-order valence-corrected chi connectivity index (χ4v) is 3.20. The van der Waals surface area contributed by atoms with Crippen LogP contribution in [0.1, 0.15) is 37.3 Å². The lowest BCUT2D eigenvalue weighted by Crippen LogP contribution is -2.31. The molecule has 0 atom stereocenters. The van der Waals surface area contributed by atoms with Gasteiger partial charge in [0, 0.05) is 26.5 Å². The molecule has 0 unspecified atom stereocenters. The van der Waals surface area contributed by atoms with Crippen molar-refractivity contribution in [3.05, 3.63) is 40.9 Å². The maximum absolute atomic E-state index is 12.3. The molecule has 1 saturated heterocycles. The van der Waals surface area contributed by atoms with Gasteiger partial charge < -0.3 is 9.64 Å². The van der Waals surface area contributed by atoms with Gasteiger partial charge >= 0.3 is 0 Å². The highest BCUT2D eigenvalue weighted by Gasteiger charge is 2.21. The van der Waals surface area contributed by atoms with Crippen LogP contribution in [0, 0.1) is 0 Å². The van der Waals surface area contributed by atoms with E-state index in [2.05, 4.69) is 10.1 Å². The number of benzene rings is 1. The fraction of sp³-hybridized carbons (Fsp3) is 0.500. The Kier molecular flexibility index (Phi) is 6.04. The van der Waals surface area contributed by atoms with Crippen LogP contribution in [0.5, 0.6) is 0 Å². The number of aromatic nitrogens is 3. The average molecular weight is 363 g/mol. The summed E-state index contributed by atoms with van der Waals surface area (Å²) < 4.78 is 6.88. The van der Waals surface area contributed by atoms with E-state index in [1.165, 1.54) is 0 Å². The Morgan fingerprint density at radius 1 is 1.24 bits per heavy atom. The van der Waals surface area contributed by atoms with Crippen molar-refractivity contribution in [2.24, 2.45) is 0 Å². The van der Waals surface area contributed by atoms with Crippen molar-refractivity contribution in [1.82, 2.24) is 19.7 Å². The molecule has 0 bridgehead atoms. The van der Waals surface area contributed by atoms with E-state index in [9.17, 15) is 4.79 Å². The number of carbonyl (C=O) groups excluding carboxylic acids is 1. The predicted molar refractivity (Wildman–Crippen MR) is 95.8 cm³/mol. The van der Waals surface area contributed by atoms with Crippen molar-refractivity contribution >= 4 is 17.5 Å². The summed E-state index contributed by atoms with van der Waals surface area (Å²) in [6, 6.07) is 7.53. The van der Waals surface area contributed by atoms with Gasteiger partial charge in [-0.25, -0.2) is 9.67 Å². The van der Waals surface area contributed by atoms with E-state index in [0.29, 0.717) is 36.8 Å². The minimum absolute atomic E-state index is 0.185. The SMILES string of the molecule is COCCc1nc(CN2CCCCCC2=O)n(-c2ccccc2Cl)n1. The van der Waals surface area contributed by atoms with Crippen LogP contribution in [0.15, 0.2) is 24.3 Å². The number of hydrogen-bond acceptors (Lipinski definition) is 4. The molecule has 0 radical (unpaired) electrons. The van der Waals surface area contributed by atoms with Gasteiger partial charge in [-0.15, -0.1) is 0 Å². The normalized spacial score (nSPS) is 15.4. The van der Waals surface area contributed by atoms with Gasteiger partial charge in [0.2, 0.25) is 5.91 Å². The summed E-state index contributed by atoms with van der Waals surface area (Å²) in [6.45, 7) is 1.76. The minimum Gasteiger partial charge on any atom is -0.384 e. The van der Waals surface area contributed by atoms with Crippen LogP contribution in [0.2, 0.25) is 5.02 Å². The zero-order valence-electron chi connectivity index (χ0n) is 14.4. The summed E-state index contributed by atoms with van der Waals surface area (Å²) in [5.74, 6) is 1.61. The van der Waals surface area contributed by atoms with Crippen LogP contribution in [0.4, 0.5) is 0 Å². The maximum atomic E-state index is 12.3. The number of carbonyl (C=O) groups is 1. The first kappa shape index (κ1) is 17.9. The molecule has 0 saturated carbocycles. The lowest BCUT2D eigenvalue weighted by Gasteiger charge is -2.20. The second kappa shape index (κ2) is 8.45. The molecule has 1 aromatic carbocycles. The van der Waals surface area contributed by atoms with E-state index in [4.69, 9.17) is 16.3 Å². The Morgan fingerprint density at radius 2 is 2.08 bits per heavy atom. The van der Waals surface area contributed by atoms with Crippen LogP contribution in [-0.2, 0) is 22.5 Å². The van der Waals surface area contributed by atoms with Gasteiger partial charge in [0.1, 0.15) is 0 Å². The molecule has 25 heavy (non-hydrogen) atoms. The van der Waals surface area contributed by atoms with Crippen LogP contribution in [-0.4, -0.2) is 45.8 Å². The molecular formula is C18H23ClN4O2. The van der Waals surface area contributed by atoms with E-state index in [1.807, 2.05) is 29.2 Å². The molecule has 0 N–H and O–H groups in total. The van der Waals surface area contributed by atoms with Crippen molar-refractivity contribution in [2.45, 2.75) is 38.6 Å². The van der Waals surface area contributed by atoms with Crippen LogP contribution < -0.4 is 0 Å². The first-order valence-electron chi connectivity index (χ1n) is 8.65. The summed E-state index contributed by atoms with van der Waals surface area (Å²) in [4.78, 5) is 18.9. The molecule has 6 nitrogen and oxygen atoms in total. The average Bonchev–Trinajstić information content (AvgIpc) is 2.89. The number of para-hydroxylation sites is 1. The van der Waals surface area contributed by atoms with Crippen LogP contribution in [0.3, 0.4) is 0 Å². The number of hydrogen-bond donors (Lipinski definition) is 0. The van der Waals surface area contributed by atoms with Crippen molar-refractivity contribution in [3.63, 3.8) is 0 Å². The molecule has 2 aromatic rings. The van der Waals surface area contributed by atoms with E-state index < -0.39 is 0 Å². The highest BCUT2D eigenvalue weighted by molar-refractivity contribution is 6.32. The van der Waals surface area contributed by atoms with E-state index in [-0.39, 0.29) is 5.91 Å². The van der Waals surface area contributed by atoms with E-state index in [1.54, 1.807) is 11.8 Å². The van der Waals surface area contributed by atoms with Gasteiger partial charge in [-0.05, 0) is 25.0 Å². The standard InChI is InChI=1S/C18H23ClN4O2/c1-25-12-10-16-20-17(13-22-11-6-2-3-9-18(22)24)23(21-16)15-8-5-4-7-14(15)19/h4-5,7-8H,2-3,6,9-13H2,1H3. The third-order valence-corrected chi connectivity index (χ3v) is 4.65. The maximum Gasteiger partial charge on any atom is 0.222 e. The number of halogens is 1. The molecular weight excluding hydrogens is 340 g/mol. The number of rotatable bonds is 6. The summed E-state index contributed by atoms with van der Waals surface area (Å²) >= 11 is 6.35. The Morgan fingerprint density at radius 3 is 2.88 bits per heavy atom.